The largest absolute Gasteiger partial charge is 0.489 e. The number of carbonyl (C=O) groups is 2. The van der Waals surface area contributed by atoms with Gasteiger partial charge in [0.25, 0.3) is 5.91 Å². The first-order valence-corrected chi connectivity index (χ1v) is 13.2. The number of piperidine rings is 1. The lowest BCUT2D eigenvalue weighted by molar-refractivity contribution is 0.00775. The first-order valence-electron chi connectivity index (χ1n) is 13.2. The summed E-state index contributed by atoms with van der Waals surface area (Å²) in [6.07, 6.45) is 1.86. The van der Waals surface area contributed by atoms with Gasteiger partial charge in [0.05, 0.1) is 6.54 Å². The molecule has 1 aromatic heterocycles. The summed E-state index contributed by atoms with van der Waals surface area (Å²) in [7, 11) is 0. The average molecular weight is 533 g/mol. The Morgan fingerprint density at radius 2 is 1.82 bits per heavy atom. The third-order valence-electron chi connectivity index (χ3n) is 6.84. The summed E-state index contributed by atoms with van der Waals surface area (Å²) in [4.78, 5) is 30.2. The molecule has 0 saturated carbocycles. The molecular formula is C30H33FN4O4. The van der Waals surface area contributed by atoms with E-state index in [-0.39, 0.29) is 23.9 Å². The molecule has 1 saturated heterocycles. The highest BCUT2D eigenvalue weighted by Gasteiger charge is 2.28. The van der Waals surface area contributed by atoms with Gasteiger partial charge in [0.1, 0.15) is 23.3 Å². The van der Waals surface area contributed by atoms with Gasteiger partial charge in [-0.15, -0.1) is 0 Å². The van der Waals surface area contributed by atoms with Crippen molar-refractivity contribution in [1.29, 1.82) is 0 Å². The molecule has 2 aromatic carbocycles. The summed E-state index contributed by atoms with van der Waals surface area (Å²) in [5.74, 6) is -0.0423. The number of fused-ring (bicyclic) bond motifs is 1. The van der Waals surface area contributed by atoms with E-state index in [1.54, 1.807) is 47.4 Å². The maximum Gasteiger partial charge on any atom is 0.410 e. The van der Waals surface area contributed by atoms with Crippen LogP contribution in [-0.4, -0.2) is 53.2 Å². The van der Waals surface area contributed by atoms with Crippen molar-refractivity contribution < 1.29 is 23.5 Å². The number of pyridine rings is 1. The maximum absolute atomic E-state index is 14.9. The maximum atomic E-state index is 14.9. The SMILES string of the molecule is CC(C)(C)OC(=O)N1CCC[C@H](Oc2ccc(-c3cc(-c4ccc5c(c4)CCNC5=O)c(N)nc3F)cc2)C1. The number of halogens is 1. The minimum atomic E-state index is -0.664. The van der Waals surface area contributed by atoms with Crippen molar-refractivity contribution in [3.63, 3.8) is 0 Å². The summed E-state index contributed by atoms with van der Waals surface area (Å²) in [6.45, 7) is 7.19. The van der Waals surface area contributed by atoms with Crippen molar-refractivity contribution in [3.05, 3.63) is 65.6 Å². The summed E-state index contributed by atoms with van der Waals surface area (Å²) in [6, 6.07) is 14.3. The number of nitrogen functional groups attached to an aromatic ring is 1. The van der Waals surface area contributed by atoms with Crippen molar-refractivity contribution in [2.24, 2.45) is 0 Å². The Labute approximate surface area is 227 Å². The highest BCUT2D eigenvalue weighted by Crippen LogP contribution is 2.34. The van der Waals surface area contributed by atoms with Crippen molar-refractivity contribution in [3.8, 4) is 28.0 Å². The Morgan fingerprint density at radius 3 is 2.56 bits per heavy atom. The molecule has 0 aliphatic carbocycles. The van der Waals surface area contributed by atoms with E-state index >= 15 is 0 Å². The number of likely N-dealkylation sites (tertiary alicyclic amines) is 1. The molecular weight excluding hydrogens is 499 g/mol. The second-order valence-electron chi connectivity index (χ2n) is 11.0. The van der Waals surface area contributed by atoms with Gasteiger partial charge < -0.3 is 25.4 Å². The lowest BCUT2D eigenvalue weighted by Crippen LogP contribution is -2.46. The van der Waals surface area contributed by atoms with Gasteiger partial charge in [-0.05, 0) is 81.0 Å². The van der Waals surface area contributed by atoms with Crippen molar-refractivity contribution in [2.45, 2.75) is 51.7 Å². The van der Waals surface area contributed by atoms with Crippen molar-refractivity contribution >= 4 is 17.8 Å². The van der Waals surface area contributed by atoms with Gasteiger partial charge in [-0.1, -0.05) is 24.3 Å². The van der Waals surface area contributed by atoms with E-state index in [0.29, 0.717) is 54.1 Å². The molecule has 5 rings (SSSR count). The molecule has 8 nitrogen and oxygen atoms in total. The predicted molar refractivity (Wildman–Crippen MR) is 147 cm³/mol. The predicted octanol–water partition coefficient (Wildman–Crippen LogP) is 5.20. The van der Waals surface area contributed by atoms with Gasteiger partial charge in [0.15, 0.2) is 0 Å². The fraction of sp³-hybridized carbons (Fsp3) is 0.367. The molecule has 0 bridgehead atoms. The van der Waals surface area contributed by atoms with Crippen molar-refractivity contribution in [2.75, 3.05) is 25.4 Å². The van der Waals surface area contributed by atoms with E-state index < -0.39 is 11.5 Å². The second-order valence-corrected chi connectivity index (χ2v) is 11.0. The number of hydrogen-bond donors (Lipinski definition) is 2. The number of nitrogens with two attached hydrogens (primary N) is 1. The Morgan fingerprint density at radius 1 is 1.08 bits per heavy atom. The Balaban J connectivity index is 1.32. The normalized spacial score (nSPS) is 17.3. The molecule has 3 N–H and O–H groups in total. The zero-order chi connectivity index (χ0) is 27.7. The quantitative estimate of drug-likeness (QED) is 0.447. The molecule has 0 spiro atoms. The average Bonchev–Trinajstić information content (AvgIpc) is 2.89. The van der Waals surface area contributed by atoms with Crippen LogP contribution in [0, 0.1) is 5.95 Å². The number of amides is 2. The Hall–Kier alpha value is -4.14. The zero-order valence-corrected chi connectivity index (χ0v) is 22.4. The minimum Gasteiger partial charge on any atom is -0.489 e. The van der Waals surface area contributed by atoms with Gasteiger partial charge in [-0.2, -0.15) is 4.39 Å². The number of carbonyl (C=O) groups excluding carboxylic acids is 2. The van der Waals surface area contributed by atoms with Gasteiger partial charge in [0.2, 0.25) is 5.95 Å². The molecule has 1 atom stereocenters. The number of aromatic nitrogens is 1. The minimum absolute atomic E-state index is 0.0863. The fourth-order valence-corrected chi connectivity index (χ4v) is 4.97. The topological polar surface area (TPSA) is 107 Å². The number of benzene rings is 2. The first kappa shape index (κ1) is 26.5. The van der Waals surface area contributed by atoms with Crippen LogP contribution >= 0.6 is 0 Å². The molecule has 0 radical (unpaired) electrons. The van der Waals surface area contributed by atoms with E-state index in [9.17, 15) is 14.0 Å². The fourth-order valence-electron chi connectivity index (χ4n) is 4.97. The molecule has 1 fully saturated rings. The highest BCUT2D eigenvalue weighted by atomic mass is 19.1. The van der Waals surface area contributed by atoms with Crippen LogP contribution in [0.15, 0.2) is 48.5 Å². The molecule has 9 heteroatoms. The standard InChI is InChI=1S/C30H33FN4O4/c1-30(2,3)39-29(37)35-14-4-5-22(17-35)38-21-9-6-18(7-10-21)24-16-25(27(32)34-26(24)31)19-8-11-23-20(15-19)12-13-33-28(23)36/h6-11,15-16,22H,4-5,12-14,17H2,1-3H3,(H2,32,34)(H,33,36)/t22-/m0/s1. The van der Waals surface area contributed by atoms with Crippen LogP contribution in [0.5, 0.6) is 5.75 Å². The molecule has 3 heterocycles. The third kappa shape index (κ3) is 5.97. The number of ether oxygens (including phenoxy) is 2. The number of rotatable bonds is 4. The highest BCUT2D eigenvalue weighted by molar-refractivity contribution is 5.97. The molecule has 2 amide bonds. The molecule has 2 aliphatic heterocycles. The smallest absolute Gasteiger partial charge is 0.410 e. The molecule has 3 aromatic rings. The van der Waals surface area contributed by atoms with Crippen LogP contribution in [0.2, 0.25) is 0 Å². The summed E-state index contributed by atoms with van der Waals surface area (Å²) < 4.78 is 26.6. The number of hydrogen-bond acceptors (Lipinski definition) is 6. The third-order valence-corrected chi connectivity index (χ3v) is 6.84. The summed E-state index contributed by atoms with van der Waals surface area (Å²) in [5.41, 5.74) is 9.45. The lowest BCUT2D eigenvalue weighted by Gasteiger charge is -2.34. The van der Waals surface area contributed by atoms with Crippen molar-refractivity contribution in [1.82, 2.24) is 15.2 Å². The lowest BCUT2D eigenvalue weighted by atomic mass is 9.94. The van der Waals surface area contributed by atoms with Crippen LogP contribution in [0.4, 0.5) is 15.0 Å². The molecule has 2 aliphatic rings. The first-order chi connectivity index (χ1) is 18.6. The van der Waals surface area contributed by atoms with Gasteiger partial charge in [-0.3, -0.25) is 4.79 Å². The monoisotopic (exact) mass is 532 g/mol. The number of anilines is 1. The van der Waals surface area contributed by atoms with E-state index in [1.165, 1.54) is 0 Å². The number of nitrogens with one attached hydrogen (secondary N) is 1. The number of nitrogens with zero attached hydrogens (tertiary/aromatic N) is 2. The van der Waals surface area contributed by atoms with E-state index in [0.717, 1.165) is 24.0 Å². The van der Waals surface area contributed by atoms with E-state index in [4.69, 9.17) is 15.2 Å². The van der Waals surface area contributed by atoms with Crippen LogP contribution in [0.1, 0.15) is 49.5 Å². The van der Waals surface area contributed by atoms with E-state index in [1.807, 2.05) is 26.8 Å². The molecule has 39 heavy (non-hydrogen) atoms. The molecule has 204 valence electrons. The summed E-state index contributed by atoms with van der Waals surface area (Å²) >= 11 is 0. The zero-order valence-electron chi connectivity index (χ0n) is 22.4. The Kier molecular flexibility index (Phi) is 7.16. The van der Waals surface area contributed by atoms with Gasteiger partial charge in [-0.25, -0.2) is 9.78 Å². The molecule has 0 unspecified atom stereocenters. The van der Waals surface area contributed by atoms with Crippen LogP contribution in [-0.2, 0) is 11.2 Å². The van der Waals surface area contributed by atoms with Crippen LogP contribution < -0.4 is 15.8 Å². The second kappa shape index (κ2) is 10.6. The van der Waals surface area contributed by atoms with Crippen LogP contribution in [0.25, 0.3) is 22.3 Å². The van der Waals surface area contributed by atoms with Gasteiger partial charge >= 0.3 is 6.09 Å². The summed E-state index contributed by atoms with van der Waals surface area (Å²) in [5, 5.41) is 2.83. The Bertz CT molecular complexity index is 1400. The van der Waals surface area contributed by atoms with Gasteiger partial charge in [0, 0.05) is 29.8 Å². The van der Waals surface area contributed by atoms with E-state index in [2.05, 4.69) is 10.3 Å². The van der Waals surface area contributed by atoms with Crippen LogP contribution in [0.3, 0.4) is 0 Å².